The molecule has 0 N–H and O–H groups in total. The lowest BCUT2D eigenvalue weighted by atomic mass is 9.93. The summed E-state index contributed by atoms with van der Waals surface area (Å²) in [7, 11) is 0. The van der Waals surface area contributed by atoms with Gasteiger partial charge in [0.05, 0.1) is 11.6 Å². The van der Waals surface area contributed by atoms with E-state index in [2.05, 4.69) is 34.1 Å². The number of pyridine rings is 1. The molecule has 2 aliphatic heterocycles. The summed E-state index contributed by atoms with van der Waals surface area (Å²) in [6.07, 6.45) is 1.74. The molecule has 6 nitrogen and oxygen atoms in total. The number of nitrogens with zero attached hydrogens (tertiary/aromatic N) is 4. The summed E-state index contributed by atoms with van der Waals surface area (Å²) in [5.41, 5.74) is 3.10. The smallest absolute Gasteiger partial charge is 0.233 e. The zero-order valence-electron chi connectivity index (χ0n) is 16.3. The summed E-state index contributed by atoms with van der Waals surface area (Å²) in [5.74, 6) is -0.278. The summed E-state index contributed by atoms with van der Waals surface area (Å²) in [6.45, 7) is 6.57. The molecule has 0 spiro atoms. The molecule has 1 fully saturated rings. The van der Waals surface area contributed by atoms with E-state index in [0.717, 1.165) is 30.9 Å². The molecule has 0 saturated carbocycles. The zero-order valence-corrected chi connectivity index (χ0v) is 16.3. The van der Waals surface area contributed by atoms with Gasteiger partial charge >= 0.3 is 0 Å². The second-order valence-corrected chi connectivity index (χ2v) is 7.59. The first-order valence-corrected chi connectivity index (χ1v) is 9.86. The minimum atomic E-state index is -0.366. The van der Waals surface area contributed by atoms with Crippen molar-refractivity contribution in [1.82, 2.24) is 19.7 Å². The van der Waals surface area contributed by atoms with E-state index < -0.39 is 0 Å². The standard InChI is InChI=1S/C22H26N4O2/c1-17(27)26-15-19-8-5-9-23-21(19)20(16-26)22(28)25-12-10-24(11-13-25)14-18-6-3-2-4-7-18/h2-9,20H,10-16H2,1H3. The number of amides is 2. The Bertz CT molecular complexity index is 847. The van der Waals surface area contributed by atoms with Crippen LogP contribution >= 0.6 is 0 Å². The number of rotatable bonds is 3. The van der Waals surface area contributed by atoms with Gasteiger partial charge in [-0.2, -0.15) is 0 Å². The number of hydrogen-bond acceptors (Lipinski definition) is 4. The Morgan fingerprint density at radius 2 is 1.75 bits per heavy atom. The van der Waals surface area contributed by atoms with E-state index >= 15 is 0 Å². The molecule has 0 radical (unpaired) electrons. The Kier molecular flexibility index (Phi) is 5.39. The van der Waals surface area contributed by atoms with E-state index in [1.54, 1.807) is 18.0 Å². The van der Waals surface area contributed by atoms with E-state index in [1.165, 1.54) is 5.56 Å². The van der Waals surface area contributed by atoms with Gasteiger partial charge in [0.1, 0.15) is 0 Å². The highest BCUT2D eigenvalue weighted by Crippen LogP contribution is 2.28. The lowest BCUT2D eigenvalue weighted by molar-refractivity contribution is -0.137. The highest BCUT2D eigenvalue weighted by molar-refractivity contribution is 5.85. The SMILES string of the molecule is CC(=O)N1Cc2cccnc2C(C(=O)N2CCN(Cc3ccccc3)CC2)C1. The largest absolute Gasteiger partial charge is 0.339 e. The third kappa shape index (κ3) is 3.92. The number of fused-ring (bicyclic) bond motifs is 1. The molecule has 2 amide bonds. The van der Waals surface area contributed by atoms with Crippen LogP contribution < -0.4 is 0 Å². The number of carbonyl (C=O) groups is 2. The fraction of sp³-hybridized carbons (Fsp3) is 0.409. The Morgan fingerprint density at radius 3 is 2.46 bits per heavy atom. The Morgan fingerprint density at radius 1 is 1.00 bits per heavy atom. The van der Waals surface area contributed by atoms with Gasteiger partial charge < -0.3 is 9.80 Å². The van der Waals surface area contributed by atoms with Crippen molar-refractivity contribution >= 4 is 11.8 Å². The number of carbonyl (C=O) groups excluding carboxylic acids is 2. The minimum Gasteiger partial charge on any atom is -0.339 e. The number of aromatic nitrogens is 1. The molecular weight excluding hydrogens is 352 g/mol. The van der Waals surface area contributed by atoms with Crippen molar-refractivity contribution in [2.24, 2.45) is 0 Å². The molecule has 4 rings (SSSR count). The van der Waals surface area contributed by atoms with E-state index in [-0.39, 0.29) is 17.7 Å². The van der Waals surface area contributed by atoms with E-state index in [9.17, 15) is 9.59 Å². The molecule has 1 aromatic carbocycles. The first kappa shape index (κ1) is 18.6. The summed E-state index contributed by atoms with van der Waals surface area (Å²) in [6, 6.07) is 14.3. The van der Waals surface area contributed by atoms with Gasteiger partial charge in [0, 0.05) is 58.9 Å². The molecule has 1 unspecified atom stereocenters. The van der Waals surface area contributed by atoms with Crippen LogP contribution in [0.2, 0.25) is 0 Å². The van der Waals surface area contributed by atoms with Crippen LogP contribution in [-0.2, 0) is 22.7 Å². The lowest BCUT2D eigenvalue weighted by Crippen LogP contribution is -2.52. The third-order valence-corrected chi connectivity index (χ3v) is 5.70. The van der Waals surface area contributed by atoms with Crippen LogP contribution in [0.1, 0.15) is 29.7 Å². The summed E-state index contributed by atoms with van der Waals surface area (Å²) in [5, 5.41) is 0. The molecule has 1 saturated heterocycles. The molecule has 2 aliphatic rings. The summed E-state index contributed by atoms with van der Waals surface area (Å²) >= 11 is 0. The number of benzene rings is 1. The topological polar surface area (TPSA) is 56.8 Å². The highest BCUT2D eigenvalue weighted by Gasteiger charge is 2.36. The number of piperazine rings is 1. The van der Waals surface area contributed by atoms with Gasteiger partial charge in [-0.3, -0.25) is 19.5 Å². The second kappa shape index (κ2) is 8.10. The van der Waals surface area contributed by atoms with Crippen molar-refractivity contribution in [3.8, 4) is 0 Å². The van der Waals surface area contributed by atoms with Crippen molar-refractivity contribution in [3.05, 3.63) is 65.5 Å². The normalized spacial score (nSPS) is 20.0. The van der Waals surface area contributed by atoms with Crippen molar-refractivity contribution in [1.29, 1.82) is 0 Å². The van der Waals surface area contributed by atoms with Crippen molar-refractivity contribution in [3.63, 3.8) is 0 Å². The average Bonchev–Trinajstić information content (AvgIpc) is 2.73. The highest BCUT2D eigenvalue weighted by atomic mass is 16.2. The first-order chi connectivity index (χ1) is 13.6. The third-order valence-electron chi connectivity index (χ3n) is 5.70. The number of hydrogen-bond donors (Lipinski definition) is 0. The maximum absolute atomic E-state index is 13.3. The molecule has 1 aromatic heterocycles. The molecule has 28 heavy (non-hydrogen) atoms. The molecule has 2 aromatic rings. The molecular formula is C22H26N4O2. The first-order valence-electron chi connectivity index (χ1n) is 9.86. The maximum atomic E-state index is 13.3. The Hall–Kier alpha value is -2.73. The van der Waals surface area contributed by atoms with E-state index in [1.807, 2.05) is 23.1 Å². The molecule has 146 valence electrons. The maximum Gasteiger partial charge on any atom is 0.233 e. The van der Waals surface area contributed by atoms with E-state index in [0.29, 0.717) is 26.2 Å². The average molecular weight is 378 g/mol. The van der Waals surface area contributed by atoms with Crippen LogP contribution in [0.3, 0.4) is 0 Å². The molecule has 0 aliphatic carbocycles. The Balaban J connectivity index is 1.43. The lowest BCUT2D eigenvalue weighted by Gasteiger charge is -2.39. The monoisotopic (exact) mass is 378 g/mol. The molecule has 3 heterocycles. The van der Waals surface area contributed by atoms with Crippen LogP contribution in [0, 0.1) is 0 Å². The fourth-order valence-corrected chi connectivity index (χ4v) is 4.10. The van der Waals surface area contributed by atoms with Crippen LogP contribution in [0.5, 0.6) is 0 Å². The van der Waals surface area contributed by atoms with Gasteiger partial charge in [-0.05, 0) is 17.2 Å². The van der Waals surface area contributed by atoms with Crippen LogP contribution in [0.25, 0.3) is 0 Å². The van der Waals surface area contributed by atoms with Gasteiger partial charge in [-0.25, -0.2) is 0 Å². The summed E-state index contributed by atoms with van der Waals surface area (Å²) in [4.78, 5) is 35.8. The zero-order chi connectivity index (χ0) is 19.5. The van der Waals surface area contributed by atoms with Crippen LogP contribution in [-0.4, -0.2) is 64.2 Å². The van der Waals surface area contributed by atoms with Crippen LogP contribution in [0.4, 0.5) is 0 Å². The van der Waals surface area contributed by atoms with Gasteiger partial charge in [-0.15, -0.1) is 0 Å². The minimum absolute atomic E-state index is 0.0000153. The van der Waals surface area contributed by atoms with Crippen molar-refractivity contribution in [2.45, 2.75) is 25.9 Å². The second-order valence-electron chi connectivity index (χ2n) is 7.59. The van der Waals surface area contributed by atoms with Crippen LogP contribution in [0.15, 0.2) is 48.7 Å². The van der Waals surface area contributed by atoms with Gasteiger partial charge in [-0.1, -0.05) is 36.4 Å². The fourth-order valence-electron chi connectivity index (χ4n) is 4.10. The molecule has 6 heteroatoms. The van der Waals surface area contributed by atoms with Crippen molar-refractivity contribution in [2.75, 3.05) is 32.7 Å². The van der Waals surface area contributed by atoms with Gasteiger partial charge in [0.25, 0.3) is 0 Å². The summed E-state index contributed by atoms with van der Waals surface area (Å²) < 4.78 is 0. The predicted octanol–water partition coefficient (Wildman–Crippen LogP) is 1.87. The quantitative estimate of drug-likeness (QED) is 0.818. The van der Waals surface area contributed by atoms with Gasteiger partial charge in [0.2, 0.25) is 11.8 Å². The van der Waals surface area contributed by atoms with Gasteiger partial charge in [0.15, 0.2) is 0 Å². The van der Waals surface area contributed by atoms with E-state index in [4.69, 9.17) is 0 Å². The molecule has 0 bridgehead atoms. The predicted molar refractivity (Wildman–Crippen MR) is 106 cm³/mol. The van der Waals surface area contributed by atoms with Crippen molar-refractivity contribution < 1.29 is 9.59 Å². The Labute approximate surface area is 165 Å². The molecule has 1 atom stereocenters.